The molecule has 1 fully saturated rings. The molecule has 0 saturated heterocycles. The van der Waals surface area contributed by atoms with Gasteiger partial charge in [0.2, 0.25) is 11.8 Å². The lowest BCUT2D eigenvalue weighted by molar-refractivity contribution is -0.123. The van der Waals surface area contributed by atoms with Gasteiger partial charge in [-0.3, -0.25) is 19.5 Å². The van der Waals surface area contributed by atoms with Gasteiger partial charge in [0.15, 0.2) is 0 Å². The number of nitrogens with zero attached hydrogens (tertiary/aromatic N) is 2. The number of thiophene rings is 2. The van der Waals surface area contributed by atoms with E-state index < -0.39 is 0 Å². The van der Waals surface area contributed by atoms with Gasteiger partial charge in [-0.1, -0.05) is 25.3 Å². The van der Waals surface area contributed by atoms with Gasteiger partial charge in [0.25, 0.3) is 0 Å². The Morgan fingerprint density at radius 1 is 1.17 bits per heavy atom. The molecule has 0 unspecified atom stereocenters. The highest BCUT2D eigenvalue weighted by Crippen LogP contribution is 2.43. The van der Waals surface area contributed by atoms with Gasteiger partial charge in [-0.25, -0.2) is 0 Å². The maximum absolute atomic E-state index is 13.1. The summed E-state index contributed by atoms with van der Waals surface area (Å²) in [6.07, 6.45) is 10.1. The summed E-state index contributed by atoms with van der Waals surface area (Å²) in [7, 11) is 0. The molecular formula is C23H27N3O2S2. The summed E-state index contributed by atoms with van der Waals surface area (Å²) in [5.41, 5.74) is 3.39. The van der Waals surface area contributed by atoms with E-state index in [9.17, 15) is 9.59 Å². The predicted octanol–water partition coefficient (Wildman–Crippen LogP) is 4.32. The summed E-state index contributed by atoms with van der Waals surface area (Å²) in [4.78, 5) is 34.9. The second-order valence-corrected chi connectivity index (χ2v) is 10.4. The van der Waals surface area contributed by atoms with Crippen molar-refractivity contribution in [2.45, 2.75) is 63.8 Å². The standard InChI is InChI=1S/C23H27N3O2S2/c27-19(25-15-7-2-1-3-8-15)14-26-20(28)13-24-22(18-11-6-12-29-18)21-16-9-4-5-10-17(16)30-23(21)26/h6,11-12,15H,1-5,7-10,13-14H2,(H,25,27). The van der Waals surface area contributed by atoms with Crippen LogP contribution in [-0.4, -0.2) is 36.7 Å². The van der Waals surface area contributed by atoms with Crippen LogP contribution in [0.5, 0.6) is 0 Å². The van der Waals surface area contributed by atoms with Crippen molar-refractivity contribution in [1.82, 2.24) is 5.32 Å². The fourth-order valence-electron chi connectivity index (χ4n) is 4.85. The van der Waals surface area contributed by atoms with Gasteiger partial charge < -0.3 is 5.32 Å². The topological polar surface area (TPSA) is 61.8 Å². The Morgan fingerprint density at radius 2 is 2.00 bits per heavy atom. The number of rotatable bonds is 4. The van der Waals surface area contributed by atoms with Crippen LogP contribution in [-0.2, 0) is 22.4 Å². The fraction of sp³-hybridized carbons (Fsp3) is 0.522. The zero-order valence-corrected chi connectivity index (χ0v) is 18.7. The lowest BCUT2D eigenvalue weighted by Crippen LogP contribution is -2.45. The van der Waals surface area contributed by atoms with Crippen LogP contribution in [0.15, 0.2) is 22.5 Å². The van der Waals surface area contributed by atoms with Crippen LogP contribution < -0.4 is 10.2 Å². The third kappa shape index (κ3) is 3.85. The number of aliphatic imine (C=N–C) groups is 1. The van der Waals surface area contributed by atoms with Crippen molar-refractivity contribution in [3.05, 3.63) is 38.4 Å². The maximum atomic E-state index is 13.1. The van der Waals surface area contributed by atoms with Crippen LogP contribution in [0.3, 0.4) is 0 Å². The van der Waals surface area contributed by atoms with E-state index >= 15 is 0 Å². The van der Waals surface area contributed by atoms with Crippen molar-refractivity contribution in [2.75, 3.05) is 18.0 Å². The molecule has 1 saturated carbocycles. The van der Waals surface area contributed by atoms with E-state index in [0.29, 0.717) is 0 Å². The molecule has 1 N–H and O–H groups in total. The van der Waals surface area contributed by atoms with E-state index in [1.165, 1.54) is 42.5 Å². The summed E-state index contributed by atoms with van der Waals surface area (Å²) in [6.45, 7) is 0.190. The normalized spacial score (nSPS) is 19.7. The van der Waals surface area contributed by atoms with Crippen molar-refractivity contribution in [3.63, 3.8) is 0 Å². The molecule has 0 radical (unpaired) electrons. The van der Waals surface area contributed by atoms with Gasteiger partial charge in [-0.05, 0) is 55.5 Å². The van der Waals surface area contributed by atoms with Crippen molar-refractivity contribution < 1.29 is 9.59 Å². The first-order chi connectivity index (χ1) is 14.7. The molecule has 3 heterocycles. The molecule has 7 heteroatoms. The van der Waals surface area contributed by atoms with Gasteiger partial charge in [0, 0.05) is 16.5 Å². The van der Waals surface area contributed by atoms with Crippen LogP contribution in [0.2, 0.25) is 0 Å². The number of carbonyl (C=O) groups is 2. The molecular weight excluding hydrogens is 414 g/mol. The molecule has 0 bridgehead atoms. The number of hydrogen-bond donors (Lipinski definition) is 1. The SMILES string of the molecule is O=C(CN1C(=O)CN=C(c2cccs2)c2c1sc1c2CCCC1)NC1CCCCC1. The molecule has 0 aromatic carbocycles. The Hall–Kier alpha value is -1.99. The second kappa shape index (κ2) is 8.63. The molecule has 158 valence electrons. The molecule has 0 spiro atoms. The number of carbonyl (C=O) groups excluding carboxylic acids is 2. The number of hydrogen-bond acceptors (Lipinski definition) is 5. The number of anilines is 1. The highest BCUT2D eigenvalue weighted by atomic mass is 32.1. The first-order valence-corrected chi connectivity index (χ1v) is 12.7. The van der Waals surface area contributed by atoms with E-state index in [1.54, 1.807) is 27.6 Å². The quantitative estimate of drug-likeness (QED) is 0.768. The summed E-state index contributed by atoms with van der Waals surface area (Å²) in [5.74, 6) is -0.132. The number of nitrogens with one attached hydrogen (secondary N) is 1. The molecule has 5 rings (SSSR count). The van der Waals surface area contributed by atoms with Crippen LogP contribution in [0.4, 0.5) is 5.00 Å². The Labute approximate surface area is 185 Å². The highest BCUT2D eigenvalue weighted by Gasteiger charge is 2.33. The monoisotopic (exact) mass is 441 g/mol. The number of amides is 2. The smallest absolute Gasteiger partial charge is 0.249 e. The van der Waals surface area contributed by atoms with E-state index in [-0.39, 0.29) is 30.9 Å². The third-order valence-electron chi connectivity index (χ3n) is 6.33. The molecule has 30 heavy (non-hydrogen) atoms. The first kappa shape index (κ1) is 19.9. The molecule has 2 aromatic heterocycles. The Morgan fingerprint density at radius 3 is 2.80 bits per heavy atom. The molecule has 2 aliphatic carbocycles. The predicted molar refractivity (Wildman–Crippen MR) is 123 cm³/mol. The van der Waals surface area contributed by atoms with Gasteiger partial charge in [0.1, 0.15) is 18.1 Å². The first-order valence-electron chi connectivity index (χ1n) is 11.0. The summed E-state index contributed by atoms with van der Waals surface area (Å²) < 4.78 is 0. The minimum absolute atomic E-state index is 0.0489. The van der Waals surface area contributed by atoms with Gasteiger partial charge in [-0.15, -0.1) is 22.7 Å². The van der Waals surface area contributed by atoms with Gasteiger partial charge >= 0.3 is 0 Å². The zero-order chi connectivity index (χ0) is 20.5. The minimum atomic E-state index is -0.0832. The third-order valence-corrected chi connectivity index (χ3v) is 8.53. The Bertz CT molecular complexity index is 971. The summed E-state index contributed by atoms with van der Waals surface area (Å²) in [5, 5.41) is 6.16. The minimum Gasteiger partial charge on any atom is -0.352 e. The summed E-state index contributed by atoms with van der Waals surface area (Å²) >= 11 is 3.36. The Kier molecular flexibility index (Phi) is 5.74. The van der Waals surface area contributed by atoms with Crippen LogP contribution in [0, 0.1) is 0 Å². The van der Waals surface area contributed by atoms with Crippen LogP contribution in [0.25, 0.3) is 0 Å². The zero-order valence-electron chi connectivity index (χ0n) is 17.1. The van der Waals surface area contributed by atoms with Gasteiger partial charge in [-0.2, -0.15) is 0 Å². The average Bonchev–Trinajstić information content (AvgIpc) is 3.39. The number of fused-ring (bicyclic) bond motifs is 3. The average molecular weight is 442 g/mol. The van der Waals surface area contributed by atoms with Crippen molar-refractivity contribution >= 4 is 45.2 Å². The molecule has 2 aromatic rings. The molecule has 5 nitrogen and oxygen atoms in total. The van der Waals surface area contributed by atoms with Crippen LogP contribution >= 0.6 is 22.7 Å². The van der Waals surface area contributed by atoms with Crippen molar-refractivity contribution in [1.29, 1.82) is 0 Å². The molecule has 0 atom stereocenters. The van der Waals surface area contributed by atoms with E-state index in [1.807, 2.05) is 6.07 Å². The largest absolute Gasteiger partial charge is 0.352 e. The van der Waals surface area contributed by atoms with Crippen molar-refractivity contribution in [2.24, 2.45) is 4.99 Å². The molecule has 3 aliphatic rings. The van der Waals surface area contributed by atoms with Crippen LogP contribution in [0.1, 0.15) is 65.8 Å². The Balaban J connectivity index is 1.48. The fourth-order valence-corrected chi connectivity index (χ4v) is 6.99. The molecule has 2 amide bonds. The van der Waals surface area contributed by atoms with Crippen molar-refractivity contribution in [3.8, 4) is 0 Å². The maximum Gasteiger partial charge on any atom is 0.249 e. The molecule has 1 aliphatic heterocycles. The number of aryl methyl sites for hydroxylation is 1. The summed E-state index contributed by atoms with van der Waals surface area (Å²) in [6, 6.07) is 4.36. The van der Waals surface area contributed by atoms with E-state index in [0.717, 1.165) is 46.8 Å². The second-order valence-electron chi connectivity index (χ2n) is 8.42. The van der Waals surface area contributed by atoms with E-state index in [2.05, 4.69) is 16.8 Å². The lowest BCUT2D eigenvalue weighted by Gasteiger charge is -2.25. The van der Waals surface area contributed by atoms with E-state index in [4.69, 9.17) is 4.99 Å². The lowest BCUT2D eigenvalue weighted by atomic mass is 9.93. The highest BCUT2D eigenvalue weighted by molar-refractivity contribution is 7.17. The van der Waals surface area contributed by atoms with Gasteiger partial charge in [0.05, 0.1) is 10.6 Å².